The summed E-state index contributed by atoms with van der Waals surface area (Å²) in [7, 11) is 1.59. The Kier molecular flexibility index (Phi) is 19.8. The second-order valence-corrected chi connectivity index (χ2v) is 16.9. The monoisotopic (exact) mass is 813 g/mol. The molecule has 2 rings (SSSR count). The van der Waals surface area contributed by atoms with Crippen LogP contribution in [0, 0.1) is 10.8 Å². The first-order chi connectivity index (χ1) is 27.6. The number of esters is 1. The molecule has 2 aliphatic carbocycles. The highest BCUT2D eigenvalue weighted by Crippen LogP contribution is 2.42. The van der Waals surface area contributed by atoms with Gasteiger partial charge in [-0.2, -0.15) is 0 Å². The van der Waals surface area contributed by atoms with E-state index < -0.39 is 48.8 Å². The van der Waals surface area contributed by atoms with Crippen molar-refractivity contribution in [2.45, 2.75) is 113 Å². The zero-order valence-corrected chi connectivity index (χ0v) is 37.0. The average molecular weight is 814 g/mol. The number of Topliss-reactive ketones (excluding diaryl/α,β-unsaturated/α-hetero) is 2. The lowest BCUT2D eigenvalue weighted by molar-refractivity contribution is -0.156. The third kappa shape index (κ3) is 15.4. The quantitative estimate of drug-likeness (QED) is 0.0757. The van der Waals surface area contributed by atoms with Gasteiger partial charge in [-0.05, 0) is 81.1 Å². The Hall–Kier alpha value is -4.74. The number of nitrogens with one attached hydrogen (secondary N) is 1. The van der Waals surface area contributed by atoms with Gasteiger partial charge in [0.25, 0.3) is 0 Å². The molecule has 0 fully saturated rings. The number of ketones is 2. The minimum atomic E-state index is -1.59. The van der Waals surface area contributed by atoms with Gasteiger partial charge < -0.3 is 30.1 Å². The van der Waals surface area contributed by atoms with Gasteiger partial charge in [-0.3, -0.25) is 19.2 Å². The number of aliphatic hydroxyl groups excluding tert-OH is 3. The first-order valence-electron chi connectivity index (χ1n) is 20.1. The summed E-state index contributed by atoms with van der Waals surface area (Å²) in [6.45, 7) is 17.9. The molecule has 0 bridgehead atoms. The van der Waals surface area contributed by atoms with Crippen LogP contribution in [0.4, 0.5) is 0 Å². The van der Waals surface area contributed by atoms with Crippen LogP contribution >= 0.6 is 0 Å². The first-order valence-corrected chi connectivity index (χ1v) is 20.1. The highest BCUT2D eigenvalue weighted by Gasteiger charge is 2.40. The van der Waals surface area contributed by atoms with Crippen molar-refractivity contribution in [1.29, 1.82) is 0 Å². The van der Waals surface area contributed by atoms with E-state index in [1.165, 1.54) is 0 Å². The molecule has 322 valence electrons. The Bertz CT molecular complexity index is 1890. The summed E-state index contributed by atoms with van der Waals surface area (Å²) in [5.74, 6) is -1.59. The number of aliphatic hydroxyl groups is 3. The third-order valence-corrected chi connectivity index (χ3v) is 10.7. The van der Waals surface area contributed by atoms with Crippen molar-refractivity contribution < 1.29 is 44.0 Å². The molecule has 0 heterocycles. The minimum absolute atomic E-state index is 0.0626. The highest BCUT2D eigenvalue weighted by atomic mass is 16.5. The van der Waals surface area contributed by atoms with Gasteiger partial charge >= 0.3 is 5.97 Å². The number of ether oxygens (including phenoxy) is 2. The maximum absolute atomic E-state index is 13.2. The second-order valence-electron chi connectivity index (χ2n) is 16.9. The largest absolute Gasteiger partial charge is 0.454 e. The molecule has 0 saturated heterocycles. The van der Waals surface area contributed by atoms with Crippen LogP contribution in [0.15, 0.2) is 130 Å². The molecule has 2 aliphatic rings. The van der Waals surface area contributed by atoms with Crippen LogP contribution in [-0.4, -0.2) is 83.4 Å². The topological polar surface area (TPSA) is 159 Å². The lowest BCUT2D eigenvalue weighted by atomic mass is 9.71. The van der Waals surface area contributed by atoms with Crippen LogP contribution < -0.4 is 5.32 Å². The van der Waals surface area contributed by atoms with E-state index in [2.05, 4.69) is 31.3 Å². The van der Waals surface area contributed by atoms with Crippen molar-refractivity contribution in [2.24, 2.45) is 10.8 Å². The number of carbonyl (C=O) groups excluding carboxylic acids is 4. The predicted octanol–water partition coefficient (Wildman–Crippen LogP) is 7.72. The predicted molar refractivity (Wildman–Crippen MR) is 235 cm³/mol. The minimum Gasteiger partial charge on any atom is -0.454 e. The van der Waals surface area contributed by atoms with Crippen molar-refractivity contribution in [1.82, 2.24) is 5.32 Å². The molecule has 1 amide bonds. The summed E-state index contributed by atoms with van der Waals surface area (Å²) in [5, 5.41) is 30.5. The number of carbonyl (C=O) groups is 4. The molecule has 0 aliphatic heterocycles. The van der Waals surface area contributed by atoms with Crippen LogP contribution in [0.3, 0.4) is 0 Å². The molecule has 10 nitrogen and oxygen atoms in total. The SMILES string of the molecule is COC1CC(C)(C)C(/C=C/C(C)=C/C=C/C(C)=C/C=C/C=C(C)/C=C/C=C(C)/C=C/C2=C(C)C(=O)C(OC(=O)CCC(=O)NC(CO)(CO)CO)CC2(C)C)=C(C)C1=O. The molecule has 2 atom stereocenters. The smallest absolute Gasteiger partial charge is 0.307 e. The van der Waals surface area contributed by atoms with E-state index in [1.807, 2.05) is 121 Å². The molecule has 0 radical (unpaired) electrons. The van der Waals surface area contributed by atoms with E-state index in [1.54, 1.807) is 14.0 Å². The van der Waals surface area contributed by atoms with Gasteiger partial charge in [0.15, 0.2) is 17.7 Å². The zero-order valence-electron chi connectivity index (χ0n) is 37.0. The molecule has 0 aromatic carbocycles. The maximum Gasteiger partial charge on any atom is 0.307 e. The molecule has 0 aromatic rings. The van der Waals surface area contributed by atoms with Crippen LogP contribution in [-0.2, 0) is 28.7 Å². The Morgan fingerprint density at radius 1 is 0.661 bits per heavy atom. The fourth-order valence-electron chi connectivity index (χ4n) is 6.91. The first kappa shape index (κ1) is 50.4. The van der Waals surface area contributed by atoms with Crippen LogP contribution in [0.25, 0.3) is 0 Å². The van der Waals surface area contributed by atoms with E-state index in [0.717, 1.165) is 39.0 Å². The number of amides is 1. The molecular weight excluding hydrogens is 747 g/mol. The van der Waals surface area contributed by atoms with E-state index >= 15 is 0 Å². The van der Waals surface area contributed by atoms with Crippen LogP contribution in [0.1, 0.15) is 94.9 Å². The van der Waals surface area contributed by atoms with Crippen LogP contribution in [0.5, 0.6) is 0 Å². The molecule has 0 saturated carbocycles. The summed E-state index contributed by atoms with van der Waals surface area (Å²) < 4.78 is 10.9. The van der Waals surface area contributed by atoms with Crippen molar-refractivity contribution in [3.05, 3.63) is 130 Å². The van der Waals surface area contributed by atoms with Gasteiger partial charge in [-0.1, -0.05) is 135 Å². The summed E-state index contributed by atoms with van der Waals surface area (Å²) in [4.78, 5) is 50.7. The lowest BCUT2D eigenvalue weighted by Gasteiger charge is -2.36. The van der Waals surface area contributed by atoms with E-state index in [0.29, 0.717) is 12.0 Å². The van der Waals surface area contributed by atoms with Gasteiger partial charge in [0, 0.05) is 20.0 Å². The number of allylic oxidation sites excluding steroid dienone is 20. The Labute approximate surface area is 351 Å². The summed E-state index contributed by atoms with van der Waals surface area (Å²) in [5.41, 5.74) is 5.21. The Balaban J connectivity index is 1.96. The van der Waals surface area contributed by atoms with Gasteiger partial charge in [-0.25, -0.2) is 0 Å². The normalized spacial score (nSPS) is 21.4. The van der Waals surface area contributed by atoms with E-state index in [-0.39, 0.29) is 42.3 Å². The van der Waals surface area contributed by atoms with Gasteiger partial charge in [-0.15, -0.1) is 0 Å². The fraction of sp³-hybridized carbons (Fsp3) is 0.469. The maximum atomic E-state index is 13.2. The number of rotatable bonds is 19. The van der Waals surface area contributed by atoms with Crippen molar-refractivity contribution in [3.63, 3.8) is 0 Å². The second kappa shape index (κ2) is 23.2. The van der Waals surface area contributed by atoms with E-state index in [9.17, 15) is 34.5 Å². The fourth-order valence-corrected chi connectivity index (χ4v) is 6.91. The molecule has 0 spiro atoms. The molecule has 10 heteroatoms. The van der Waals surface area contributed by atoms with Gasteiger partial charge in [0.2, 0.25) is 5.91 Å². The summed E-state index contributed by atoms with van der Waals surface area (Å²) in [6.07, 6.45) is 27.1. The summed E-state index contributed by atoms with van der Waals surface area (Å²) in [6, 6.07) is 0. The zero-order chi connectivity index (χ0) is 44.6. The summed E-state index contributed by atoms with van der Waals surface area (Å²) >= 11 is 0. The molecule has 59 heavy (non-hydrogen) atoms. The Morgan fingerprint density at radius 3 is 1.47 bits per heavy atom. The molecule has 4 N–H and O–H groups in total. The number of hydrogen-bond donors (Lipinski definition) is 4. The third-order valence-electron chi connectivity index (χ3n) is 10.7. The van der Waals surface area contributed by atoms with Gasteiger partial charge in [0.05, 0.1) is 26.2 Å². The average Bonchev–Trinajstić information content (AvgIpc) is 3.17. The molecular formula is C49H67NO9. The van der Waals surface area contributed by atoms with Crippen molar-refractivity contribution >= 4 is 23.4 Å². The van der Waals surface area contributed by atoms with Crippen molar-refractivity contribution in [3.8, 4) is 0 Å². The molecule has 0 aromatic heterocycles. The van der Waals surface area contributed by atoms with Gasteiger partial charge in [0.1, 0.15) is 11.6 Å². The Morgan fingerprint density at radius 2 is 1.05 bits per heavy atom. The van der Waals surface area contributed by atoms with Crippen molar-refractivity contribution in [2.75, 3.05) is 26.9 Å². The standard InChI is InChI=1S/C49H67NO9/c1-33(18-14-20-35(3)22-24-39-37(5)45(56)41(58-11)28-47(39,7)8)16-12-13-17-34(2)19-15-21-36(4)23-25-40-38(6)46(57)42(29-48(40,9)10)59-44(55)27-26-43(54)50-49(30-51,31-52)32-53/h12-25,41-42,51-53H,26-32H2,1-11H3,(H,50,54)/b13-12+,18-14+,19-15+,24-22+,25-23+,33-16+,34-17+,35-20+,36-21+. The number of methoxy groups -OCH3 is 1. The molecule has 2 unspecified atom stereocenters. The number of hydrogen-bond acceptors (Lipinski definition) is 9. The van der Waals surface area contributed by atoms with E-state index in [4.69, 9.17) is 9.47 Å². The van der Waals surface area contributed by atoms with Crippen LogP contribution in [0.2, 0.25) is 0 Å². The highest BCUT2D eigenvalue weighted by molar-refractivity contribution is 6.02. The lowest BCUT2D eigenvalue weighted by Crippen LogP contribution is -2.57.